The molecular weight excluding hydrogens is 464 g/mol. The molecule has 3 heterocycles. The van der Waals surface area contributed by atoms with E-state index in [1.54, 1.807) is 12.1 Å². The summed E-state index contributed by atoms with van der Waals surface area (Å²) in [6.07, 6.45) is 0.877. The fourth-order valence-electron chi connectivity index (χ4n) is 3.69. The Kier molecular flexibility index (Phi) is 4.85. The van der Waals surface area contributed by atoms with Gasteiger partial charge in [0.2, 0.25) is 11.7 Å². The van der Waals surface area contributed by atoms with E-state index in [4.69, 9.17) is 4.52 Å². The molecule has 0 bridgehead atoms. The largest absolute Gasteiger partial charge is 0.337 e. The van der Waals surface area contributed by atoms with Crippen LogP contribution in [0.5, 0.6) is 0 Å². The molecule has 10 heteroatoms. The van der Waals surface area contributed by atoms with E-state index in [0.717, 1.165) is 22.0 Å². The van der Waals surface area contributed by atoms with Crippen molar-refractivity contribution in [2.75, 3.05) is 4.90 Å². The van der Waals surface area contributed by atoms with E-state index >= 15 is 0 Å². The van der Waals surface area contributed by atoms with Gasteiger partial charge in [-0.05, 0) is 36.2 Å². The number of benzene rings is 2. The van der Waals surface area contributed by atoms with Crippen LogP contribution >= 0.6 is 15.9 Å². The summed E-state index contributed by atoms with van der Waals surface area (Å²) in [5.41, 5.74) is 2.45. The average molecular weight is 481 g/mol. The SMILES string of the molecule is CCc1ccc(N2C(=O)C3N=NN(Cc4nc(-c5cccc(Br)c5)no4)C3C2=O)cc1. The Labute approximate surface area is 185 Å². The molecular formula is C21H17BrN6O3. The number of aromatic nitrogens is 2. The predicted octanol–water partition coefficient (Wildman–Crippen LogP) is 3.55. The molecule has 2 aliphatic rings. The predicted molar refractivity (Wildman–Crippen MR) is 114 cm³/mol. The van der Waals surface area contributed by atoms with E-state index in [9.17, 15) is 9.59 Å². The van der Waals surface area contributed by atoms with Crippen molar-refractivity contribution >= 4 is 33.4 Å². The molecule has 2 unspecified atom stereocenters. The number of fused-ring (bicyclic) bond motifs is 1. The molecule has 9 nitrogen and oxygen atoms in total. The Balaban J connectivity index is 1.35. The highest BCUT2D eigenvalue weighted by atomic mass is 79.9. The van der Waals surface area contributed by atoms with Crippen LogP contribution in [0.3, 0.4) is 0 Å². The van der Waals surface area contributed by atoms with Gasteiger partial charge in [0.05, 0.1) is 5.69 Å². The van der Waals surface area contributed by atoms with Gasteiger partial charge in [-0.25, -0.2) is 4.90 Å². The molecule has 2 aromatic carbocycles. The molecule has 5 rings (SSSR count). The van der Waals surface area contributed by atoms with E-state index in [2.05, 4.69) is 36.4 Å². The molecule has 0 spiro atoms. The second-order valence-corrected chi connectivity index (χ2v) is 8.16. The first-order valence-electron chi connectivity index (χ1n) is 9.78. The summed E-state index contributed by atoms with van der Waals surface area (Å²) in [4.78, 5) is 31.5. The minimum Gasteiger partial charge on any atom is -0.337 e. The van der Waals surface area contributed by atoms with Crippen LogP contribution in [0.25, 0.3) is 11.4 Å². The second-order valence-electron chi connectivity index (χ2n) is 7.25. The van der Waals surface area contributed by atoms with Gasteiger partial charge < -0.3 is 4.52 Å². The summed E-state index contributed by atoms with van der Waals surface area (Å²) in [7, 11) is 0. The highest BCUT2D eigenvalue weighted by Gasteiger charge is 2.55. The van der Waals surface area contributed by atoms with Gasteiger partial charge in [-0.3, -0.25) is 14.6 Å². The summed E-state index contributed by atoms with van der Waals surface area (Å²) in [6, 6.07) is 13.2. The number of aryl methyl sites for hydroxylation is 1. The van der Waals surface area contributed by atoms with Gasteiger partial charge >= 0.3 is 0 Å². The molecule has 2 aliphatic heterocycles. The van der Waals surface area contributed by atoms with Gasteiger partial charge in [-0.2, -0.15) is 10.1 Å². The Bertz CT molecular complexity index is 1190. The first-order chi connectivity index (χ1) is 15.0. The van der Waals surface area contributed by atoms with Crippen LogP contribution < -0.4 is 4.90 Å². The van der Waals surface area contributed by atoms with Crippen molar-refractivity contribution in [3.63, 3.8) is 0 Å². The molecule has 3 aromatic rings. The molecule has 0 aliphatic carbocycles. The summed E-state index contributed by atoms with van der Waals surface area (Å²) in [6.45, 7) is 2.12. The Hall–Kier alpha value is -3.40. The lowest BCUT2D eigenvalue weighted by Crippen LogP contribution is -2.39. The van der Waals surface area contributed by atoms with Crippen LogP contribution in [0.2, 0.25) is 0 Å². The van der Waals surface area contributed by atoms with Crippen molar-refractivity contribution in [2.24, 2.45) is 10.3 Å². The number of anilines is 1. The minimum atomic E-state index is -0.870. The highest BCUT2D eigenvalue weighted by Crippen LogP contribution is 2.33. The number of hydrogen-bond acceptors (Lipinski definition) is 8. The van der Waals surface area contributed by atoms with Crippen LogP contribution in [0.4, 0.5) is 5.69 Å². The lowest BCUT2D eigenvalue weighted by atomic mass is 10.1. The van der Waals surface area contributed by atoms with Crippen LogP contribution in [-0.2, 0) is 22.6 Å². The highest BCUT2D eigenvalue weighted by molar-refractivity contribution is 9.10. The molecule has 156 valence electrons. The zero-order chi connectivity index (χ0) is 21.5. The first kappa shape index (κ1) is 19.6. The number of halogens is 1. The fraction of sp³-hybridized carbons (Fsp3) is 0.238. The zero-order valence-corrected chi connectivity index (χ0v) is 18.1. The first-order valence-corrected chi connectivity index (χ1v) is 10.6. The maximum Gasteiger partial charge on any atom is 0.263 e. The molecule has 0 saturated carbocycles. The van der Waals surface area contributed by atoms with Crippen LogP contribution in [0.15, 0.2) is 67.9 Å². The Morgan fingerprint density at radius 3 is 2.65 bits per heavy atom. The molecule has 31 heavy (non-hydrogen) atoms. The monoisotopic (exact) mass is 480 g/mol. The molecule has 0 N–H and O–H groups in total. The number of imide groups is 1. The third-order valence-electron chi connectivity index (χ3n) is 5.31. The quantitative estimate of drug-likeness (QED) is 0.517. The van der Waals surface area contributed by atoms with Crippen molar-refractivity contribution in [3.8, 4) is 11.4 Å². The van der Waals surface area contributed by atoms with Crippen molar-refractivity contribution in [1.82, 2.24) is 15.1 Å². The van der Waals surface area contributed by atoms with Crippen molar-refractivity contribution in [2.45, 2.75) is 32.0 Å². The van der Waals surface area contributed by atoms with Gasteiger partial charge in [0.25, 0.3) is 11.8 Å². The average Bonchev–Trinajstić information content (AvgIpc) is 3.47. The number of carbonyl (C=O) groups is 2. The minimum absolute atomic E-state index is 0.0767. The fourth-order valence-corrected chi connectivity index (χ4v) is 4.09. The maximum absolute atomic E-state index is 13.1. The summed E-state index contributed by atoms with van der Waals surface area (Å²) >= 11 is 3.42. The normalized spacial score (nSPS) is 20.1. The molecule has 1 fully saturated rings. The number of hydrogen-bond donors (Lipinski definition) is 0. The smallest absolute Gasteiger partial charge is 0.263 e. The Morgan fingerprint density at radius 1 is 1.10 bits per heavy atom. The second kappa shape index (κ2) is 7.69. The molecule has 2 amide bonds. The van der Waals surface area contributed by atoms with Gasteiger partial charge in [0.1, 0.15) is 6.54 Å². The lowest BCUT2D eigenvalue weighted by Gasteiger charge is -2.19. The number of carbonyl (C=O) groups excluding carboxylic acids is 2. The summed E-state index contributed by atoms with van der Waals surface area (Å²) in [5, 5.41) is 13.5. The molecule has 1 aromatic heterocycles. The Morgan fingerprint density at radius 2 is 1.90 bits per heavy atom. The molecule has 1 saturated heterocycles. The number of amides is 2. The standard InChI is InChI=1S/C21H17BrN6O3/c1-2-12-6-8-15(9-7-12)28-20(29)17-18(21(28)30)27(26-24-17)11-16-23-19(25-31-16)13-4-3-5-14(22)10-13/h3-10,17-18H,2,11H2,1H3. The van der Waals surface area contributed by atoms with Crippen LogP contribution in [0.1, 0.15) is 18.4 Å². The van der Waals surface area contributed by atoms with Gasteiger partial charge in [0, 0.05) is 10.0 Å². The topological polar surface area (TPSA) is 104 Å². The van der Waals surface area contributed by atoms with Gasteiger partial charge in [-0.15, -0.1) is 0 Å². The number of rotatable bonds is 5. The van der Waals surface area contributed by atoms with E-state index < -0.39 is 12.1 Å². The summed E-state index contributed by atoms with van der Waals surface area (Å²) in [5.74, 6) is -0.0437. The van der Waals surface area contributed by atoms with Crippen LogP contribution in [-0.4, -0.2) is 39.0 Å². The van der Waals surface area contributed by atoms with Crippen molar-refractivity contribution in [1.29, 1.82) is 0 Å². The number of nitrogens with zero attached hydrogens (tertiary/aromatic N) is 6. The van der Waals surface area contributed by atoms with Crippen molar-refractivity contribution in [3.05, 3.63) is 64.5 Å². The molecule has 2 atom stereocenters. The van der Waals surface area contributed by atoms with Gasteiger partial charge in [-0.1, -0.05) is 57.5 Å². The van der Waals surface area contributed by atoms with E-state index in [-0.39, 0.29) is 24.2 Å². The van der Waals surface area contributed by atoms with E-state index in [1.807, 2.05) is 43.3 Å². The molecule has 0 radical (unpaired) electrons. The zero-order valence-electron chi connectivity index (χ0n) is 16.5. The maximum atomic E-state index is 13.1. The third kappa shape index (κ3) is 3.42. The van der Waals surface area contributed by atoms with Gasteiger partial charge in [0.15, 0.2) is 12.1 Å². The van der Waals surface area contributed by atoms with Crippen LogP contribution in [0, 0.1) is 0 Å². The third-order valence-corrected chi connectivity index (χ3v) is 5.80. The van der Waals surface area contributed by atoms with Crippen molar-refractivity contribution < 1.29 is 14.1 Å². The van der Waals surface area contributed by atoms with E-state index in [1.165, 1.54) is 9.91 Å². The van der Waals surface area contributed by atoms with E-state index in [0.29, 0.717) is 11.5 Å². The lowest BCUT2D eigenvalue weighted by molar-refractivity contribution is -0.123. The summed E-state index contributed by atoms with van der Waals surface area (Å²) < 4.78 is 6.24.